The third-order valence-corrected chi connectivity index (χ3v) is 3.84. The van der Waals surface area contributed by atoms with Gasteiger partial charge in [0, 0.05) is 0 Å². The molecule has 0 spiro atoms. The van der Waals surface area contributed by atoms with Crippen molar-refractivity contribution < 1.29 is 23.8 Å². The molecule has 18 heavy (non-hydrogen) atoms. The summed E-state index contributed by atoms with van der Waals surface area (Å²) in [4.78, 5) is 23.1. The van der Waals surface area contributed by atoms with E-state index < -0.39 is 22.8 Å². The smallest absolute Gasteiger partial charge is 0.461 e. The van der Waals surface area contributed by atoms with Gasteiger partial charge in [-0.15, -0.1) is 0 Å². The monoisotopic (exact) mass is 258 g/mol. The first-order chi connectivity index (χ1) is 8.04. The van der Waals surface area contributed by atoms with Crippen molar-refractivity contribution in [2.24, 2.45) is 5.41 Å². The van der Waals surface area contributed by atoms with Crippen molar-refractivity contribution >= 4 is 12.1 Å². The Labute approximate surface area is 108 Å². The number of ether oxygens (including phenoxy) is 3. The maximum atomic E-state index is 11.9. The molecule has 0 amide bonds. The number of esters is 1. The molecule has 0 radical (unpaired) electrons. The van der Waals surface area contributed by atoms with Crippen molar-refractivity contribution in [2.45, 2.75) is 59.2 Å². The second kappa shape index (κ2) is 4.44. The Hall–Kier alpha value is -1.26. The Kier molecular flexibility index (Phi) is 3.65. The normalized spacial score (nSPS) is 26.4. The number of hydrogen-bond acceptors (Lipinski definition) is 5. The third kappa shape index (κ3) is 2.60. The van der Waals surface area contributed by atoms with Crippen LogP contribution in [0.4, 0.5) is 4.79 Å². The van der Waals surface area contributed by atoms with Gasteiger partial charge in [0.15, 0.2) is 11.2 Å². The van der Waals surface area contributed by atoms with Crippen molar-refractivity contribution in [1.29, 1.82) is 0 Å². The first-order valence-corrected chi connectivity index (χ1v) is 6.13. The first kappa shape index (κ1) is 14.8. The molecule has 1 aliphatic heterocycles. The summed E-state index contributed by atoms with van der Waals surface area (Å²) in [5.41, 5.74) is -2.31. The van der Waals surface area contributed by atoms with Crippen LogP contribution in [0.25, 0.3) is 0 Å². The molecule has 1 heterocycles. The van der Waals surface area contributed by atoms with Crippen LogP contribution in [0.1, 0.15) is 48.0 Å². The molecule has 1 saturated heterocycles. The highest BCUT2D eigenvalue weighted by Crippen LogP contribution is 2.37. The molecule has 1 aliphatic rings. The average molecular weight is 258 g/mol. The van der Waals surface area contributed by atoms with Crippen molar-refractivity contribution in [3.05, 3.63) is 0 Å². The highest BCUT2D eigenvalue weighted by molar-refractivity contribution is 5.76. The number of carbonyl (C=O) groups excluding carboxylic acids is 2. The van der Waals surface area contributed by atoms with Crippen LogP contribution in [0.5, 0.6) is 0 Å². The van der Waals surface area contributed by atoms with Crippen molar-refractivity contribution in [2.75, 3.05) is 6.61 Å². The fourth-order valence-corrected chi connectivity index (χ4v) is 1.39. The number of hydrogen-bond donors (Lipinski definition) is 0. The fraction of sp³-hybridized carbons (Fsp3) is 0.846. The molecular formula is C13H22O5. The zero-order valence-electron chi connectivity index (χ0n) is 12.0. The van der Waals surface area contributed by atoms with E-state index in [1.807, 2.05) is 20.8 Å². The Morgan fingerprint density at radius 2 is 1.83 bits per heavy atom. The Balaban J connectivity index is 2.69. The standard InChI is InChI=1S/C13H22O5/c1-7-11(2,3)9(14)16-8-13(6)12(4,5)17-10(15)18-13/h7-8H2,1-6H3. The van der Waals surface area contributed by atoms with E-state index in [2.05, 4.69) is 0 Å². The maximum absolute atomic E-state index is 11.9. The van der Waals surface area contributed by atoms with Crippen molar-refractivity contribution in [3.8, 4) is 0 Å². The quantitative estimate of drug-likeness (QED) is 0.725. The largest absolute Gasteiger partial charge is 0.509 e. The number of rotatable bonds is 4. The molecule has 0 aliphatic carbocycles. The average Bonchev–Trinajstić information content (AvgIpc) is 2.44. The minimum Gasteiger partial charge on any atom is -0.461 e. The molecule has 1 fully saturated rings. The molecule has 0 N–H and O–H groups in total. The van der Waals surface area contributed by atoms with Gasteiger partial charge in [-0.1, -0.05) is 6.92 Å². The molecule has 0 aromatic rings. The molecule has 0 saturated carbocycles. The van der Waals surface area contributed by atoms with E-state index in [1.165, 1.54) is 0 Å². The van der Waals surface area contributed by atoms with Gasteiger partial charge in [-0.3, -0.25) is 4.79 Å². The van der Waals surface area contributed by atoms with E-state index >= 15 is 0 Å². The minimum atomic E-state index is -0.955. The predicted molar refractivity (Wildman–Crippen MR) is 65.1 cm³/mol. The molecular weight excluding hydrogens is 236 g/mol. The lowest BCUT2D eigenvalue weighted by atomic mass is 9.88. The Morgan fingerprint density at radius 1 is 1.28 bits per heavy atom. The Bertz CT molecular complexity index is 358. The van der Waals surface area contributed by atoms with E-state index in [9.17, 15) is 9.59 Å². The topological polar surface area (TPSA) is 61.8 Å². The summed E-state index contributed by atoms with van der Waals surface area (Å²) in [5.74, 6) is -0.301. The number of cyclic esters (lactones) is 2. The summed E-state index contributed by atoms with van der Waals surface area (Å²) in [6, 6.07) is 0. The van der Waals surface area contributed by atoms with Crippen LogP contribution in [0.3, 0.4) is 0 Å². The molecule has 0 aromatic heterocycles. The lowest BCUT2D eigenvalue weighted by Gasteiger charge is -2.33. The summed E-state index contributed by atoms with van der Waals surface area (Å²) in [6.45, 7) is 10.7. The van der Waals surface area contributed by atoms with Crippen molar-refractivity contribution in [3.63, 3.8) is 0 Å². The van der Waals surface area contributed by atoms with E-state index in [4.69, 9.17) is 14.2 Å². The number of carbonyl (C=O) groups is 2. The molecule has 5 heteroatoms. The van der Waals surface area contributed by atoms with Crippen LogP contribution in [0.15, 0.2) is 0 Å². The minimum absolute atomic E-state index is 0.00595. The lowest BCUT2D eigenvalue weighted by Crippen LogP contribution is -2.49. The molecule has 1 rings (SSSR count). The van der Waals surface area contributed by atoms with E-state index in [0.29, 0.717) is 6.42 Å². The zero-order chi connectivity index (χ0) is 14.2. The van der Waals surface area contributed by atoms with Crippen LogP contribution in [0.2, 0.25) is 0 Å². The van der Waals surface area contributed by atoms with Gasteiger partial charge in [0.2, 0.25) is 0 Å². The second-order valence-corrected chi connectivity index (χ2v) is 6.01. The summed E-state index contributed by atoms with van der Waals surface area (Å²) in [7, 11) is 0. The zero-order valence-corrected chi connectivity index (χ0v) is 12.0. The van der Waals surface area contributed by atoms with Gasteiger partial charge in [-0.05, 0) is 41.0 Å². The van der Waals surface area contributed by atoms with Gasteiger partial charge in [-0.25, -0.2) is 4.79 Å². The lowest BCUT2D eigenvalue weighted by molar-refractivity contribution is -0.163. The van der Waals surface area contributed by atoms with Gasteiger partial charge >= 0.3 is 12.1 Å². The maximum Gasteiger partial charge on any atom is 0.509 e. The first-order valence-electron chi connectivity index (χ1n) is 6.13. The summed E-state index contributed by atoms with van der Waals surface area (Å²) >= 11 is 0. The molecule has 0 aromatic carbocycles. The van der Waals surface area contributed by atoms with Gasteiger partial charge in [-0.2, -0.15) is 0 Å². The van der Waals surface area contributed by atoms with Gasteiger partial charge in [0.1, 0.15) is 6.61 Å². The van der Waals surface area contributed by atoms with Gasteiger partial charge in [0.25, 0.3) is 0 Å². The molecule has 5 nitrogen and oxygen atoms in total. The van der Waals surface area contributed by atoms with Crippen molar-refractivity contribution in [1.82, 2.24) is 0 Å². The van der Waals surface area contributed by atoms with E-state index in [-0.39, 0.29) is 12.6 Å². The predicted octanol–water partition coefficient (Wildman–Crippen LogP) is 2.67. The van der Waals surface area contributed by atoms with Crippen LogP contribution < -0.4 is 0 Å². The highest BCUT2D eigenvalue weighted by atomic mass is 16.8. The van der Waals surface area contributed by atoms with Gasteiger partial charge in [0.05, 0.1) is 5.41 Å². The summed E-state index contributed by atoms with van der Waals surface area (Å²) < 4.78 is 15.5. The fourth-order valence-electron chi connectivity index (χ4n) is 1.39. The second-order valence-electron chi connectivity index (χ2n) is 6.01. The molecule has 0 bridgehead atoms. The Morgan fingerprint density at radius 3 is 2.22 bits per heavy atom. The SMILES string of the molecule is CCC(C)(C)C(=O)OCC1(C)OC(=O)OC1(C)C. The molecule has 104 valence electrons. The van der Waals surface area contributed by atoms with Gasteiger partial charge < -0.3 is 14.2 Å². The van der Waals surface area contributed by atoms with E-state index in [0.717, 1.165) is 0 Å². The van der Waals surface area contributed by atoms with E-state index in [1.54, 1.807) is 20.8 Å². The molecule has 1 unspecified atom stereocenters. The van der Waals surface area contributed by atoms with Crippen LogP contribution >= 0.6 is 0 Å². The summed E-state index contributed by atoms with van der Waals surface area (Å²) in [5, 5.41) is 0. The van der Waals surface area contributed by atoms with Crippen LogP contribution in [0, 0.1) is 5.41 Å². The third-order valence-electron chi connectivity index (χ3n) is 3.84. The van der Waals surface area contributed by atoms with Crippen LogP contribution in [-0.4, -0.2) is 29.9 Å². The highest BCUT2D eigenvalue weighted by Gasteiger charge is 2.55. The van der Waals surface area contributed by atoms with Crippen LogP contribution in [-0.2, 0) is 19.0 Å². The summed E-state index contributed by atoms with van der Waals surface area (Å²) in [6.07, 6.45) is -0.0457. The molecule has 1 atom stereocenters.